The monoisotopic (exact) mass is 463 g/mol. The van der Waals surface area contributed by atoms with Gasteiger partial charge in [-0.3, -0.25) is 0 Å². The van der Waals surface area contributed by atoms with Crippen LogP contribution in [0.5, 0.6) is 0 Å². The molecule has 6 nitrogen and oxygen atoms in total. The van der Waals surface area contributed by atoms with Crippen LogP contribution in [0.4, 0.5) is 0 Å². The molecule has 7 heteroatoms. The van der Waals surface area contributed by atoms with Gasteiger partial charge in [-0.05, 0) is 52.2 Å². The predicted octanol–water partition coefficient (Wildman–Crippen LogP) is 2.96. The van der Waals surface area contributed by atoms with E-state index in [4.69, 9.17) is 9.52 Å². The molecule has 1 aromatic rings. The Labute approximate surface area is 169 Å². The molecule has 1 aliphatic heterocycles. The van der Waals surface area contributed by atoms with Crippen molar-refractivity contribution in [2.45, 2.75) is 59.4 Å². The Morgan fingerprint density at radius 3 is 2.56 bits per heavy atom. The summed E-state index contributed by atoms with van der Waals surface area (Å²) in [5.74, 6) is 1.84. The van der Waals surface area contributed by atoms with E-state index >= 15 is 0 Å². The molecule has 2 N–H and O–H groups in total. The molecule has 0 saturated carbocycles. The maximum atomic E-state index is 5.42. The summed E-state index contributed by atoms with van der Waals surface area (Å²) in [6, 6.07) is 0. The van der Waals surface area contributed by atoms with Crippen molar-refractivity contribution in [3.05, 3.63) is 17.0 Å². The Balaban J connectivity index is 0.00000312. The molecule has 1 aliphatic rings. The third-order valence-corrected chi connectivity index (χ3v) is 4.49. The second-order valence-corrected chi connectivity index (χ2v) is 6.26. The van der Waals surface area contributed by atoms with Gasteiger partial charge in [0, 0.05) is 25.1 Å². The zero-order valence-corrected chi connectivity index (χ0v) is 18.3. The highest BCUT2D eigenvalue weighted by Crippen LogP contribution is 2.16. The molecule has 0 radical (unpaired) electrons. The van der Waals surface area contributed by atoms with E-state index < -0.39 is 0 Å². The molecule has 1 saturated heterocycles. The maximum absolute atomic E-state index is 5.42. The minimum Gasteiger partial charge on any atom is -0.361 e. The smallest absolute Gasteiger partial charge is 0.191 e. The van der Waals surface area contributed by atoms with E-state index in [2.05, 4.69) is 41.5 Å². The van der Waals surface area contributed by atoms with E-state index in [1.807, 2.05) is 0 Å². The molecule has 0 atom stereocenters. The van der Waals surface area contributed by atoms with Crippen LogP contribution in [-0.2, 0) is 19.4 Å². The number of rotatable bonds is 9. The van der Waals surface area contributed by atoms with E-state index in [1.54, 1.807) is 0 Å². The normalized spacial score (nSPS) is 15.2. The first-order valence-electron chi connectivity index (χ1n) is 9.49. The zero-order valence-electron chi connectivity index (χ0n) is 15.9. The van der Waals surface area contributed by atoms with Gasteiger partial charge in [-0.1, -0.05) is 19.0 Å². The van der Waals surface area contributed by atoms with Gasteiger partial charge in [0.15, 0.2) is 5.96 Å². The lowest BCUT2D eigenvalue weighted by Crippen LogP contribution is -2.38. The number of guanidine groups is 1. The summed E-state index contributed by atoms with van der Waals surface area (Å²) < 4.78 is 5.42. The number of aromatic nitrogens is 1. The lowest BCUT2D eigenvalue weighted by molar-refractivity contribution is 0.334. The quantitative estimate of drug-likeness (QED) is 0.255. The topological polar surface area (TPSA) is 65.7 Å². The standard InChI is InChI=1S/C18H33N5O.HI/c1-4-16-15(17(5-2)24-22-16)14-21-18(19-6-3)20-10-9-13-23-11-7-8-12-23;/h4-14H2,1-3H3,(H2,19,20,21);1H. The Morgan fingerprint density at radius 2 is 1.92 bits per heavy atom. The Morgan fingerprint density at radius 1 is 1.16 bits per heavy atom. The SMILES string of the molecule is CCNC(=NCc1c(CC)noc1CC)NCCCN1CCCC1.I. The highest BCUT2D eigenvalue weighted by atomic mass is 127. The molecule has 0 bridgehead atoms. The average Bonchev–Trinajstić information content (AvgIpc) is 3.25. The summed E-state index contributed by atoms with van der Waals surface area (Å²) in [4.78, 5) is 7.27. The second-order valence-electron chi connectivity index (χ2n) is 6.26. The molecule has 0 aromatic carbocycles. The summed E-state index contributed by atoms with van der Waals surface area (Å²) in [5, 5.41) is 10.9. The minimum atomic E-state index is 0. The lowest BCUT2D eigenvalue weighted by Gasteiger charge is -2.15. The largest absolute Gasteiger partial charge is 0.361 e. The number of halogens is 1. The molecule has 0 spiro atoms. The molecule has 144 valence electrons. The van der Waals surface area contributed by atoms with Gasteiger partial charge in [0.2, 0.25) is 0 Å². The Bertz CT molecular complexity index is 490. The average molecular weight is 463 g/mol. The third kappa shape index (κ3) is 7.13. The zero-order chi connectivity index (χ0) is 17.2. The van der Waals surface area contributed by atoms with Gasteiger partial charge in [0.25, 0.3) is 0 Å². The summed E-state index contributed by atoms with van der Waals surface area (Å²) in [6.07, 6.45) is 5.61. The number of hydrogen-bond donors (Lipinski definition) is 2. The van der Waals surface area contributed by atoms with Gasteiger partial charge in [0.05, 0.1) is 12.2 Å². The van der Waals surface area contributed by atoms with Crippen molar-refractivity contribution in [1.29, 1.82) is 0 Å². The van der Waals surface area contributed by atoms with Crippen LogP contribution in [0.2, 0.25) is 0 Å². The molecule has 0 unspecified atom stereocenters. The molecule has 2 heterocycles. The van der Waals surface area contributed by atoms with E-state index in [0.717, 1.165) is 55.3 Å². The fourth-order valence-electron chi connectivity index (χ4n) is 3.13. The number of aryl methyl sites for hydroxylation is 2. The third-order valence-electron chi connectivity index (χ3n) is 4.49. The van der Waals surface area contributed by atoms with E-state index in [9.17, 15) is 0 Å². The van der Waals surface area contributed by atoms with Crippen LogP contribution in [0, 0.1) is 0 Å². The van der Waals surface area contributed by atoms with E-state index in [0.29, 0.717) is 6.54 Å². The highest BCUT2D eigenvalue weighted by Gasteiger charge is 2.13. The van der Waals surface area contributed by atoms with E-state index in [1.165, 1.54) is 32.5 Å². The summed E-state index contributed by atoms with van der Waals surface area (Å²) in [7, 11) is 0. The first-order chi connectivity index (χ1) is 11.8. The minimum absolute atomic E-state index is 0. The fraction of sp³-hybridized carbons (Fsp3) is 0.778. The van der Waals surface area contributed by atoms with Crippen LogP contribution in [-0.4, -0.2) is 48.7 Å². The molecule has 1 fully saturated rings. The molecule has 0 amide bonds. The van der Waals surface area contributed by atoms with Crippen molar-refractivity contribution in [2.75, 3.05) is 32.7 Å². The van der Waals surface area contributed by atoms with Gasteiger partial charge < -0.3 is 20.1 Å². The van der Waals surface area contributed by atoms with Crippen LogP contribution in [0.3, 0.4) is 0 Å². The second kappa shape index (κ2) is 12.5. The van der Waals surface area contributed by atoms with Crippen LogP contribution in [0.1, 0.15) is 57.1 Å². The summed E-state index contributed by atoms with van der Waals surface area (Å²) >= 11 is 0. The molecule has 25 heavy (non-hydrogen) atoms. The van der Waals surface area contributed by atoms with Crippen LogP contribution >= 0.6 is 24.0 Å². The summed E-state index contributed by atoms with van der Waals surface area (Å²) in [6.45, 7) is 12.4. The van der Waals surface area contributed by atoms with Crippen molar-refractivity contribution in [3.63, 3.8) is 0 Å². The number of nitrogens with zero attached hydrogens (tertiary/aromatic N) is 3. The molecule has 0 aliphatic carbocycles. The van der Waals surface area contributed by atoms with Crippen molar-refractivity contribution >= 4 is 29.9 Å². The molecule has 2 rings (SSSR count). The predicted molar refractivity (Wildman–Crippen MR) is 114 cm³/mol. The molecule has 1 aromatic heterocycles. The Kier molecular flexibility index (Phi) is 11.1. The molecular weight excluding hydrogens is 429 g/mol. The van der Waals surface area contributed by atoms with Crippen molar-refractivity contribution in [2.24, 2.45) is 4.99 Å². The van der Waals surface area contributed by atoms with Gasteiger partial charge >= 0.3 is 0 Å². The van der Waals surface area contributed by atoms with Gasteiger partial charge in [-0.25, -0.2) is 4.99 Å². The summed E-state index contributed by atoms with van der Waals surface area (Å²) in [5.41, 5.74) is 2.18. The first kappa shape index (κ1) is 22.2. The van der Waals surface area contributed by atoms with Crippen LogP contribution in [0.25, 0.3) is 0 Å². The van der Waals surface area contributed by atoms with Crippen molar-refractivity contribution in [3.8, 4) is 0 Å². The fourth-order valence-corrected chi connectivity index (χ4v) is 3.13. The number of nitrogens with one attached hydrogen (secondary N) is 2. The van der Waals surface area contributed by atoms with Crippen molar-refractivity contribution in [1.82, 2.24) is 20.7 Å². The lowest BCUT2D eigenvalue weighted by atomic mass is 10.1. The van der Waals surface area contributed by atoms with Crippen LogP contribution in [0.15, 0.2) is 9.52 Å². The number of likely N-dealkylation sites (tertiary alicyclic amines) is 1. The van der Waals surface area contributed by atoms with Crippen LogP contribution < -0.4 is 10.6 Å². The highest BCUT2D eigenvalue weighted by molar-refractivity contribution is 14.0. The van der Waals surface area contributed by atoms with Gasteiger partial charge in [-0.15, -0.1) is 24.0 Å². The first-order valence-corrected chi connectivity index (χ1v) is 9.49. The van der Waals surface area contributed by atoms with Gasteiger partial charge in [0.1, 0.15) is 5.76 Å². The van der Waals surface area contributed by atoms with Crippen molar-refractivity contribution < 1.29 is 4.52 Å². The van der Waals surface area contributed by atoms with E-state index in [-0.39, 0.29) is 24.0 Å². The maximum Gasteiger partial charge on any atom is 0.191 e. The molecular formula is C18H34IN5O. The van der Waals surface area contributed by atoms with Gasteiger partial charge in [-0.2, -0.15) is 0 Å². The Hall–Kier alpha value is -0.830. The number of aliphatic imine (C=N–C) groups is 1. The number of hydrogen-bond acceptors (Lipinski definition) is 4.